The molecule has 0 unspecified atom stereocenters. The van der Waals surface area contributed by atoms with E-state index in [1.165, 1.54) is 4.68 Å². The van der Waals surface area contributed by atoms with E-state index in [0.29, 0.717) is 61.3 Å². The molecule has 37 heavy (non-hydrogen) atoms. The largest absolute Gasteiger partial charge is 0.449 e. The first-order chi connectivity index (χ1) is 18.1. The lowest BCUT2D eigenvalue weighted by molar-refractivity contribution is -0.169. The van der Waals surface area contributed by atoms with Gasteiger partial charge < -0.3 is 19.1 Å². The maximum atomic E-state index is 13.7. The Morgan fingerprint density at radius 1 is 0.838 bits per heavy atom. The fourth-order valence-electron chi connectivity index (χ4n) is 4.85. The number of rotatable bonds is 5. The molecule has 1 spiro atoms. The van der Waals surface area contributed by atoms with Crippen molar-refractivity contribution in [2.45, 2.75) is 18.6 Å². The van der Waals surface area contributed by atoms with E-state index < -0.39 is 5.79 Å². The predicted molar refractivity (Wildman–Crippen MR) is 143 cm³/mol. The molecule has 2 saturated heterocycles. The summed E-state index contributed by atoms with van der Waals surface area (Å²) in [5.74, 6) is 0.278. The first-order valence-electron chi connectivity index (χ1n) is 12.3. The molecule has 7 nitrogen and oxygen atoms in total. The summed E-state index contributed by atoms with van der Waals surface area (Å²) in [7, 11) is 0. The average molecular weight is 516 g/mol. The van der Waals surface area contributed by atoms with E-state index in [4.69, 9.17) is 25.8 Å². The first kappa shape index (κ1) is 23.7. The minimum atomic E-state index is -0.517. The Bertz CT molecular complexity index is 1420. The van der Waals surface area contributed by atoms with E-state index in [1.807, 2.05) is 42.5 Å². The minimum absolute atomic E-state index is 0.224. The van der Waals surface area contributed by atoms with Crippen LogP contribution in [0.5, 0.6) is 11.5 Å². The van der Waals surface area contributed by atoms with Gasteiger partial charge in [0.05, 0.1) is 25.1 Å². The fourth-order valence-corrected chi connectivity index (χ4v) is 4.98. The van der Waals surface area contributed by atoms with Gasteiger partial charge in [-0.25, -0.2) is 0 Å². The van der Waals surface area contributed by atoms with Crippen LogP contribution in [0.3, 0.4) is 0 Å². The maximum absolute atomic E-state index is 13.7. The highest BCUT2D eigenvalue weighted by atomic mass is 35.5. The molecule has 0 N–H and O–H groups in total. The van der Waals surface area contributed by atoms with Gasteiger partial charge in [0.15, 0.2) is 5.79 Å². The van der Waals surface area contributed by atoms with Crippen molar-refractivity contribution in [3.63, 3.8) is 0 Å². The predicted octanol–water partition coefficient (Wildman–Crippen LogP) is 5.69. The van der Waals surface area contributed by atoms with Crippen LogP contribution in [-0.4, -0.2) is 41.9 Å². The van der Waals surface area contributed by atoms with Crippen molar-refractivity contribution in [3.05, 3.63) is 100 Å². The van der Waals surface area contributed by atoms with Crippen LogP contribution in [0.1, 0.15) is 12.8 Å². The lowest BCUT2D eigenvalue weighted by atomic mass is 10.0. The Hall–Kier alpha value is -3.65. The lowest BCUT2D eigenvalue weighted by Crippen LogP contribution is -2.45. The highest BCUT2D eigenvalue weighted by Gasteiger charge is 2.40. The first-order valence-corrected chi connectivity index (χ1v) is 12.7. The quantitative estimate of drug-likeness (QED) is 0.340. The molecule has 8 heteroatoms. The molecule has 2 fully saturated rings. The molecule has 0 radical (unpaired) electrons. The highest BCUT2D eigenvalue weighted by Crippen LogP contribution is 2.36. The molecule has 1 aromatic heterocycles. The van der Waals surface area contributed by atoms with Gasteiger partial charge in [0.25, 0.3) is 0 Å². The normalized spacial score (nSPS) is 16.7. The number of halogens is 1. The summed E-state index contributed by atoms with van der Waals surface area (Å²) < 4.78 is 19.4. The van der Waals surface area contributed by atoms with Crippen LogP contribution in [0.2, 0.25) is 5.02 Å². The monoisotopic (exact) mass is 515 g/mol. The van der Waals surface area contributed by atoms with Gasteiger partial charge in [-0.3, -0.25) is 4.79 Å². The molecule has 0 saturated carbocycles. The molecular formula is C29H26ClN3O4. The van der Waals surface area contributed by atoms with E-state index in [0.717, 1.165) is 11.1 Å². The Labute approximate surface area is 219 Å². The molecule has 6 rings (SSSR count). The third-order valence-electron chi connectivity index (χ3n) is 6.85. The van der Waals surface area contributed by atoms with Crippen molar-refractivity contribution in [1.82, 2.24) is 9.78 Å². The number of piperidine rings is 1. The number of benzene rings is 3. The summed E-state index contributed by atoms with van der Waals surface area (Å²) in [6.45, 7) is 2.56. The Morgan fingerprint density at radius 3 is 2.16 bits per heavy atom. The topological polar surface area (TPSA) is 65.8 Å². The zero-order valence-corrected chi connectivity index (χ0v) is 20.9. The summed E-state index contributed by atoms with van der Waals surface area (Å²) in [4.78, 5) is 15.8. The van der Waals surface area contributed by atoms with Gasteiger partial charge in [-0.1, -0.05) is 54.1 Å². The molecular weight excluding hydrogens is 490 g/mol. The van der Waals surface area contributed by atoms with E-state index >= 15 is 0 Å². The van der Waals surface area contributed by atoms with Crippen LogP contribution in [0, 0.1) is 0 Å². The molecule has 3 aromatic carbocycles. The molecule has 4 aromatic rings. The summed E-state index contributed by atoms with van der Waals surface area (Å²) in [6.07, 6.45) is 3.11. The zero-order valence-electron chi connectivity index (χ0n) is 20.2. The second-order valence-electron chi connectivity index (χ2n) is 9.14. The van der Waals surface area contributed by atoms with Crippen LogP contribution < -0.4 is 15.2 Å². The van der Waals surface area contributed by atoms with E-state index in [1.54, 1.807) is 30.5 Å². The zero-order chi connectivity index (χ0) is 25.2. The molecule has 2 aliphatic rings. The molecule has 188 valence electrons. The van der Waals surface area contributed by atoms with Crippen LogP contribution >= 0.6 is 11.6 Å². The Balaban J connectivity index is 1.34. The number of ether oxygens (including phenoxy) is 3. The minimum Gasteiger partial charge on any atom is -0.449 e. The van der Waals surface area contributed by atoms with E-state index in [9.17, 15) is 4.79 Å². The smallest absolute Gasteiger partial charge is 0.316 e. The number of aromatic nitrogens is 2. The summed E-state index contributed by atoms with van der Waals surface area (Å²) >= 11 is 6.05. The molecule has 0 amide bonds. The van der Waals surface area contributed by atoms with Crippen LogP contribution in [0.25, 0.3) is 16.8 Å². The SMILES string of the molecule is O=c1c(Oc2ccc(-c3ccccc3)cc2)c(N2CCC3(CC2)OCCO3)cnn1-c1ccc(Cl)cc1. The molecule has 0 atom stereocenters. The van der Waals surface area contributed by atoms with Crippen molar-refractivity contribution >= 4 is 17.3 Å². The van der Waals surface area contributed by atoms with E-state index in [2.05, 4.69) is 22.1 Å². The van der Waals surface area contributed by atoms with Gasteiger partial charge in [0.2, 0.25) is 5.75 Å². The Kier molecular flexibility index (Phi) is 6.42. The summed E-state index contributed by atoms with van der Waals surface area (Å²) in [5, 5.41) is 5.06. The van der Waals surface area contributed by atoms with Gasteiger partial charge in [-0.2, -0.15) is 9.78 Å². The second-order valence-corrected chi connectivity index (χ2v) is 9.58. The van der Waals surface area contributed by atoms with Gasteiger partial charge in [0, 0.05) is 31.0 Å². The van der Waals surface area contributed by atoms with Crippen molar-refractivity contribution in [2.24, 2.45) is 0 Å². The highest BCUT2D eigenvalue weighted by molar-refractivity contribution is 6.30. The van der Waals surface area contributed by atoms with Crippen molar-refractivity contribution in [3.8, 4) is 28.3 Å². The van der Waals surface area contributed by atoms with Crippen LogP contribution in [0.15, 0.2) is 89.9 Å². The number of hydrogen-bond donors (Lipinski definition) is 0. The van der Waals surface area contributed by atoms with Gasteiger partial charge in [0.1, 0.15) is 11.4 Å². The number of anilines is 1. The van der Waals surface area contributed by atoms with Gasteiger partial charge in [-0.15, -0.1) is 0 Å². The molecule has 0 bridgehead atoms. The number of nitrogens with zero attached hydrogens (tertiary/aromatic N) is 3. The lowest BCUT2D eigenvalue weighted by Gasteiger charge is -2.38. The van der Waals surface area contributed by atoms with Crippen LogP contribution in [-0.2, 0) is 9.47 Å². The standard InChI is InChI=1S/C29H26ClN3O4/c30-23-8-10-24(11-9-23)33-28(34)27(37-25-12-6-22(7-13-25)21-4-2-1-3-5-21)26(20-31-33)32-16-14-29(15-17-32)35-18-19-36-29/h1-13,20H,14-19H2. The third kappa shape index (κ3) is 4.85. The van der Waals surface area contributed by atoms with Crippen molar-refractivity contribution in [2.75, 3.05) is 31.2 Å². The average Bonchev–Trinajstić information content (AvgIpc) is 3.40. The molecule has 3 heterocycles. The summed E-state index contributed by atoms with van der Waals surface area (Å²) in [5.41, 5.74) is 3.09. The Morgan fingerprint density at radius 2 is 1.49 bits per heavy atom. The van der Waals surface area contributed by atoms with E-state index in [-0.39, 0.29) is 11.3 Å². The van der Waals surface area contributed by atoms with Gasteiger partial charge in [-0.05, 0) is 47.5 Å². The fraction of sp³-hybridized carbons (Fsp3) is 0.241. The molecule has 0 aliphatic carbocycles. The van der Waals surface area contributed by atoms with Crippen LogP contribution in [0.4, 0.5) is 5.69 Å². The maximum Gasteiger partial charge on any atom is 0.316 e. The second kappa shape index (κ2) is 10.0. The van der Waals surface area contributed by atoms with Crippen molar-refractivity contribution < 1.29 is 14.2 Å². The third-order valence-corrected chi connectivity index (χ3v) is 7.10. The summed E-state index contributed by atoms with van der Waals surface area (Å²) in [6, 6.07) is 24.8. The van der Waals surface area contributed by atoms with Crippen molar-refractivity contribution in [1.29, 1.82) is 0 Å². The molecule has 2 aliphatic heterocycles. The number of hydrogen-bond acceptors (Lipinski definition) is 6. The van der Waals surface area contributed by atoms with Gasteiger partial charge >= 0.3 is 5.56 Å².